The fourth-order valence-electron chi connectivity index (χ4n) is 5.77. The highest BCUT2D eigenvalue weighted by molar-refractivity contribution is 5.89. The lowest BCUT2D eigenvalue weighted by Crippen LogP contribution is -2.49. The van der Waals surface area contributed by atoms with Crippen LogP contribution in [0.1, 0.15) is 106 Å². The third-order valence-electron chi connectivity index (χ3n) is 8.24. The number of hydrogen-bond acceptors (Lipinski definition) is 4. The van der Waals surface area contributed by atoms with Gasteiger partial charge in [0.05, 0.1) is 6.10 Å². The van der Waals surface area contributed by atoms with Gasteiger partial charge in [0.15, 0.2) is 0 Å². The summed E-state index contributed by atoms with van der Waals surface area (Å²) in [6.07, 6.45) is 8.93. The van der Waals surface area contributed by atoms with Gasteiger partial charge >= 0.3 is 0 Å². The van der Waals surface area contributed by atoms with Crippen molar-refractivity contribution in [3.8, 4) is 0 Å². The number of aliphatic hydroxyl groups is 1. The SMILES string of the molecule is CC.CCC(C)C(=O)N1CC(O)CC1C(=O)NCC1(C)CCCC(C)(c2ccnn2CC)CCC1. The Morgan fingerprint density at radius 2 is 1.80 bits per heavy atom. The van der Waals surface area contributed by atoms with Gasteiger partial charge in [0.25, 0.3) is 0 Å². The highest BCUT2D eigenvalue weighted by Gasteiger charge is 2.41. The van der Waals surface area contributed by atoms with E-state index in [4.69, 9.17) is 0 Å². The molecule has 0 radical (unpaired) electrons. The number of β-amino-alcohol motifs (C(OH)–C–C–N with tert-alkyl or cyclic N) is 1. The number of rotatable bonds is 7. The maximum atomic E-state index is 13.1. The number of hydrogen-bond donors (Lipinski definition) is 2. The summed E-state index contributed by atoms with van der Waals surface area (Å²) in [7, 11) is 0. The van der Waals surface area contributed by atoms with Crippen LogP contribution in [0.5, 0.6) is 0 Å². The third-order valence-corrected chi connectivity index (χ3v) is 8.24. The predicted octanol–water partition coefficient (Wildman–Crippen LogP) is 4.67. The fourth-order valence-corrected chi connectivity index (χ4v) is 5.77. The van der Waals surface area contributed by atoms with Gasteiger partial charge in [-0.15, -0.1) is 0 Å². The van der Waals surface area contributed by atoms with E-state index >= 15 is 0 Å². The molecule has 2 aliphatic rings. The van der Waals surface area contributed by atoms with Gasteiger partial charge in [-0.1, -0.05) is 54.4 Å². The van der Waals surface area contributed by atoms with Crippen LogP contribution in [-0.2, 0) is 21.5 Å². The van der Waals surface area contributed by atoms with Crippen molar-refractivity contribution in [2.75, 3.05) is 13.1 Å². The fraction of sp³-hybridized carbons (Fsp3) is 0.821. The van der Waals surface area contributed by atoms with Crippen molar-refractivity contribution in [1.29, 1.82) is 0 Å². The Balaban J connectivity index is 0.00000210. The van der Waals surface area contributed by atoms with Crippen molar-refractivity contribution >= 4 is 11.8 Å². The average Bonchev–Trinajstić information content (AvgIpc) is 3.49. The van der Waals surface area contributed by atoms with Gasteiger partial charge in [-0.25, -0.2) is 0 Å². The van der Waals surface area contributed by atoms with Crippen LogP contribution in [0.3, 0.4) is 0 Å². The maximum Gasteiger partial charge on any atom is 0.242 e. The Labute approximate surface area is 213 Å². The summed E-state index contributed by atoms with van der Waals surface area (Å²) in [6, 6.07) is 1.61. The number of aryl methyl sites for hydroxylation is 1. The minimum atomic E-state index is -0.625. The van der Waals surface area contributed by atoms with Gasteiger partial charge in [0.1, 0.15) is 6.04 Å². The zero-order valence-corrected chi connectivity index (χ0v) is 23.3. The summed E-state index contributed by atoms with van der Waals surface area (Å²) in [5.74, 6) is -0.285. The van der Waals surface area contributed by atoms with Crippen LogP contribution < -0.4 is 5.32 Å². The van der Waals surface area contributed by atoms with E-state index < -0.39 is 12.1 Å². The second-order valence-corrected chi connectivity index (χ2v) is 11.0. The standard InChI is InChI=1S/C26H44N4O3.C2H6/c1-6-19(3)24(33)29-17-20(31)16-21(29)23(32)27-18-25(4)11-8-13-26(5,14-9-12-25)22-10-15-28-30(22)7-2;1-2/h10,15,19-21,31H,6-9,11-14,16-18H2,1-5H3,(H,27,32);1-2H3. The largest absolute Gasteiger partial charge is 0.391 e. The molecular weight excluding hydrogens is 440 g/mol. The minimum absolute atomic E-state index is 0.0306. The summed E-state index contributed by atoms with van der Waals surface area (Å²) in [6.45, 7) is 16.4. The quantitative estimate of drug-likeness (QED) is 0.581. The monoisotopic (exact) mass is 490 g/mol. The Bertz CT molecular complexity index is 811. The molecule has 2 heterocycles. The van der Waals surface area contributed by atoms with Crippen LogP contribution in [0.25, 0.3) is 0 Å². The molecule has 1 aliphatic heterocycles. The van der Waals surface area contributed by atoms with Gasteiger partial charge in [-0.2, -0.15) is 5.10 Å². The van der Waals surface area contributed by atoms with E-state index in [0.29, 0.717) is 13.0 Å². The van der Waals surface area contributed by atoms with E-state index in [2.05, 4.69) is 41.9 Å². The Morgan fingerprint density at radius 3 is 2.37 bits per heavy atom. The van der Waals surface area contributed by atoms with Crippen LogP contribution >= 0.6 is 0 Å². The van der Waals surface area contributed by atoms with Gasteiger partial charge in [-0.05, 0) is 50.5 Å². The molecule has 1 aromatic heterocycles. The first-order valence-corrected chi connectivity index (χ1v) is 13.9. The molecule has 2 N–H and O–H groups in total. The second kappa shape index (κ2) is 12.9. The number of amides is 2. The molecule has 1 saturated heterocycles. The molecule has 7 heteroatoms. The van der Waals surface area contributed by atoms with E-state index in [1.807, 2.05) is 33.9 Å². The summed E-state index contributed by atoms with van der Waals surface area (Å²) >= 11 is 0. The molecule has 35 heavy (non-hydrogen) atoms. The zero-order chi connectivity index (χ0) is 26.2. The van der Waals surface area contributed by atoms with Crippen LogP contribution in [0.15, 0.2) is 12.3 Å². The lowest BCUT2D eigenvalue weighted by Gasteiger charge is -2.38. The van der Waals surface area contributed by atoms with Gasteiger partial charge in [-0.3, -0.25) is 14.3 Å². The van der Waals surface area contributed by atoms with Crippen molar-refractivity contribution in [2.24, 2.45) is 11.3 Å². The summed E-state index contributed by atoms with van der Waals surface area (Å²) < 4.78 is 2.13. The van der Waals surface area contributed by atoms with Crippen LogP contribution in [0.4, 0.5) is 0 Å². The van der Waals surface area contributed by atoms with Crippen molar-refractivity contribution < 1.29 is 14.7 Å². The second-order valence-electron chi connectivity index (χ2n) is 11.0. The molecule has 200 valence electrons. The molecule has 7 nitrogen and oxygen atoms in total. The summed E-state index contributed by atoms with van der Waals surface area (Å²) in [4.78, 5) is 27.4. The maximum absolute atomic E-state index is 13.1. The van der Waals surface area contributed by atoms with E-state index in [1.165, 1.54) is 5.69 Å². The molecule has 3 atom stereocenters. The lowest BCUT2D eigenvalue weighted by atomic mass is 9.69. The molecule has 3 rings (SSSR count). The number of likely N-dealkylation sites (tertiary alicyclic amines) is 1. The molecule has 1 aromatic rings. The van der Waals surface area contributed by atoms with E-state index in [0.717, 1.165) is 51.5 Å². The van der Waals surface area contributed by atoms with Crippen molar-refractivity contribution in [1.82, 2.24) is 20.0 Å². The lowest BCUT2D eigenvalue weighted by molar-refractivity contribution is -0.141. The van der Waals surface area contributed by atoms with Crippen molar-refractivity contribution in [3.63, 3.8) is 0 Å². The van der Waals surface area contributed by atoms with E-state index in [9.17, 15) is 14.7 Å². The Morgan fingerprint density at radius 1 is 1.17 bits per heavy atom. The molecule has 0 aromatic carbocycles. The van der Waals surface area contributed by atoms with E-state index in [-0.39, 0.29) is 35.1 Å². The third kappa shape index (κ3) is 7.08. The van der Waals surface area contributed by atoms with Crippen LogP contribution in [-0.4, -0.2) is 56.8 Å². The Kier molecular flexibility index (Phi) is 10.8. The summed E-state index contributed by atoms with van der Waals surface area (Å²) in [5, 5.41) is 17.8. The normalized spacial score (nSPS) is 30.0. The molecular formula is C28H50N4O3. The molecule has 2 fully saturated rings. The molecule has 2 amide bonds. The molecule has 1 aliphatic carbocycles. The summed E-state index contributed by atoms with van der Waals surface area (Å²) in [5.41, 5.74) is 1.53. The predicted molar refractivity (Wildman–Crippen MR) is 141 cm³/mol. The molecule has 0 spiro atoms. The van der Waals surface area contributed by atoms with Crippen molar-refractivity contribution in [2.45, 2.75) is 124 Å². The first kappa shape index (κ1) is 29.3. The number of carbonyl (C=O) groups is 2. The van der Waals surface area contributed by atoms with E-state index in [1.54, 1.807) is 4.90 Å². The molecule has 1 saturated carbocycles. The number of aliphatic hydroxyl groups excluding tert-OH is 1. The van der Waals surface area contributed by atoms with Crippen molar-refractivity contribution in [3.05, 3.63) is 18.0 Å². The van der Waals surface area contributed by atoms with Crippen LogP contribution in [0.2, 0.25) is 0 Å². The molecule has 3 unspecified atom stereocenters. The average molecular weight is 491 g/mol. The molecule has 0 bridgehead atoms. The van der Waals surface area contributed by atoms with Gasteiger partial charge < -0.3 is 15.3 Å². The first-order chi connectivity index (χ1) is 16.6. The topological polar surface area (TPSA) is 87.5 Å². The zero-order valence-electron chi connectivity index (χ0n) is 23.3. The van der Waals surface area contributed by atoms with Crippen LogP contribution in [0, 0.1) is 11.3 Å². The number of carbonyl (C=O) groups excluding carboxylic acids is 2. The van der Waals surface area contributed by atoms with Gasteiger partial charge in [0, 0.05) is 49.3 Å². The highest BCUT2D eigenvalue weighted by Crippen LogP contribution is 2.42. The Hall–Kier alpha value is -1.89. The first-order valence-electron chi connectivity index (χ1n) is 13.9. The minimum Gasteiger partial charge on any atom is -0.391 e. The number of nitrogens with one attached hydrogen (secondary N) is 1. The number of aromatic nitrogens is 2. The number of nitrogens with zero attached hydrogens (tertiary/aromatic N) is 3. The van der Waals surface area contributed by atoms with Gasteiger partial charge in [0.2, 0.25) is 11.8 Å². The highest BCUT2D eigenvalue weighted by atomic mass is 16.3. The smallest absolute Gasteiger partial charge is 0.242 e.